The van der Waals surface area contributed by atoms with Gasteiger partial charge in [0.15, 0.2) is 0 Å². The molecule has 0 unspecified atom stereocenters. The van der Waals surface area contributed by atoms with Crippen molar-refractivity contribution >= 4 is 26.9 Å². The second kappa shape index (κ2) is 4.04. The molecule has 0 radical (unpaired) electrons. The Kier molecular flexibility index (Phi) is 2.52. The Morgan fingerprint density at radius 2 is 1.76 bits per heavy atom. The summed E-state index contributed by atoms with van der Waals surface area (Å²) in [5.74, 6) is 0. The maximum Gasteiger partial charge on any atom is 0.134 e. The van der Waals surface area contributed by atoms with Crippen LogP contribution in [0.5, 0.6) is 0 Å². The van der Waals surface area contributed by atoms with Crippen LogP contribution < -0.4 is 0 Å². The molecule has 2 aromatic carbocycles. The van der Waals surface area contributed by atoms with Crippen molar-refractivity contribution < 1.29 is 4.42 Å². The maximum absolute atomic E-state index is 5.58. The molecule has 0 N–H and O–H groups in total. The summed E-state index contributed by atoms with van der Waals surface area (Å²) < 4.78 is 6.67. The SMILES string of the molecule is Cc1ccc2occ(-c3ccc(Br)cc3)c2c1. The molecule has 17 heavy (non-hydrogen) atoms. The summed E-state index contributed by atoms with van der Waals surface area (Å²) in [7, 11) is 0. The summed E-state index contributed by atoms with van der Waals surface area (Å²) in [5, 5.41) is 1.17. The average molecular weight is 287 g/mol. The highest BCUT2D eigenvalue weighted by Crippen LogP contribution is 2.31. The third-order valence-electron chi connectivity index (χ3n) is 2.88. The van der Waals surface area contributed by atoms with Gasteiger partial charge in [-0.2, -0.15) is 0 Å². The van der Waals surface area contributed by atoms with Crippen LogP contribution in [0.25, 0.3) is 22.1 Å². The van der Waals surface area contributed by atoms with Crippen LogP contribution in [-0.4, -0.2) is 0 Å². The molecule has 1 aromatic heterocycles. The molecule has 3 aromatic rings. The van der Waals surface area contributed by atoms with Crippen LogP contribution in [0.3, 0.4) is 0 Å². The number of hydrogen-bond donors (Lipinski definition) is 0. The van der Waals surface area contributed by atoms with Crippen molar-refractivity contribution in [2.45, 2.75) is 6.92 Å². The highest BCUT2D eigenvalue weighted by molar-refractivity contribution is 9.10. The lowest BCUT2D eigenvalue weighted by Crippen LogP contribution is -1.76. The van der Waals surface area contributed by atoms with Crippen LogP contribution in [0.4, 0.5) is 0 Å². The summed E-state index contributed by atoms with van der Waals surface area (Å²) >= 11 is 3.45. The quantitative estimate of drug-likeness (QED) is 0.601. The van der Waals surface area contributed by atoms with Crippen molar-refractivity contribution in [3.8, 4) is 11.1 Å². The van der Waals surface area contributed by atoms with Crippen molar-refractivity contribution in [3.63, 3.8) is 0 Å². The number of halogens is 1. The van der Waals surface area contributed by atoms with Gasteiger partial charge in [-0.05, 0) is 36.8 Å². The second-order valence-corrected chi connectivity index (χ2v) is 5.07. The molecule has 84 valence electrons. The number of aryl methyl sites for hydroxylation is 1. The molecule has 0 fully saturated rings. The molecule has 0 saturated carbocycles. The number of benzene rings is 2. The van der Waals surface area contributed by atoms with E-state index in [-0.39, 0.29) is 0 Å². The molecule has 0 bridgehead atoms. The fourth-order valence-corrected chi connectivity index (χ4v) is 2.26. The van der Waals surface area contributed by atoms with E-state index < -0.39 is 0 Å². The van der Waals surface area contributed by atoms with E-state index in [0.717, 1.165) is 15.6 Å². The van der Waals surface area contributed by atoms with E-state index in [2.05, 4.69) is 47.1 Å². The van der Waals surface area contributed by atoms with E-state index in [1.807, 2.05) is 24.5 Å². The van der Waals surface area contributed by atoms with Crippen LogP contribution >= 0.6 is 15.9 Å². The summed E-state index contributed by atoms with van der Waals surface area (Å²) in [6.45, 7) is 2.10. The van der Waals surface area contributed by atoms with Gasteiger partial charge >= 0.3 is 0 Å². The normalized spacial score (nSPS) is 10.9. The zero-order valence-electron chi connectivity index (χ0n) is 9.41. The van der Waals surface area contributed by atoms with Gasteiger partial charge in [-0.15, -0.1) is 0 Å². The van der Waals surface area contributed by atoms with Crippen LogP contribution in [0.2, 0.25) is 0 Å². The van der Waals surface area contributed by atoms with Crippen molar-refractivity contribution in [1.29, 1.82) is 0 Å². The van der Waals surface area contributed by atoms with Gasteiger partial charge in [0, 0.05) is 15.4 Å². The third-order valence-corrected chi connectivity index (χ3v) is 3.41. The molecule has 0 amide bonds. The Balaban J connectivity index is 2.23. The predicted molar refractivity (Wildman–Crippen MR) is 74.1 cm³/mol. The topological polar surface area (TPSA) is 13.1 Å². The molecule has 0 aliphatic rings. The zero-order valence-corrected chi connectivity index (χ0v) is 11.0. The monoisotopic (exact) mass is 286 g/mol. The predicted octanol–water partition coefficient (Wildman–Crippen LogP) is 5.17. The van der Waals surface area contributed by atoms with Crippen LogP contribution in [-0.2, 0) is 0 Å². The van der Waals surface area contributed by atoms with Crippen LogP contribution in [0.15, 0.2) is 57.6 Å². The highest BCUT2D eigenvalue weighted by Gasteiger charge is 2.07. The average Bonchev–Trinajstić information content (AvgIpc) is 2.73. The maximum atomic E-state index is 5.58. The van der Waals surface area contributed by atoms with E-state index in [1.165, 1.54) is 16.5 Å². The molecule has 0 atom stereocenters. The highest BCUT2D eigenvalue weighted by atomic mass is 79.9. The van der Waals surface area contributed by atoms with E-state index in [0.29, 0.717) is 0 Å². The molecule has 1 heterocycles. The molecule has 0 aliphatic heterocycles. The fourth-order valence-electron chi connectivity index (χ4n) is 2.00. The van der Waals surface area contributed by atoms with E-state index >= 15 is 0 Å². The summed E-state index contributed by atoms with van der Waals surface area (Å²) in [4.78, 5) is 0. The van der Waals surface area contributed by atoms with Gasteiger partial charge in [-0.25, -0.2) is 0 Å². The summed E-state index contributed by atoms with van der Waals surface area (Å²) in [6.07, 6.45) is 1.83. The first-order valence-electron chi connectivity index (χ1n) is 5.48. The van der Waals surface area contributed by atoms with Crippen molar-refractivity contribution in [2.24, 2.45) is 0 Å². The van der Waals surface area contributed by atoms with Crippen LogP contribution in [0.1, 0.15) is 5.56 Å². The number of hydrogen-bond acceptors (Lipinski definition) is 1. The van der Waals surface area contributed by atoms with Crippen molar-refractivity contribution in [1.82, 2.24) is 0 Å². The molecule has 3 rings (SSSR count). The third kappa shape index (κ3) is 1.89. The van der Waals surface area contributed by atoms with Crippen LogP contribution in [0, 0.1) is 6.92 Å². The van der Waals surface area contributed by atoms with Gasteiger partial charge in [0.05, 0.1) is 6.26 Å². The van der Waals surface area contributed by atoms with Gasteiger partial charge in [0.25, 0.3) is 0 Å². The Morgan fingerprint density at radius 3 is 2.53 bits per heavy atom. The number of rotatable bonds is 1. The Labute approximate surface area is 108 Å². The first kappa shape index (κ1) is 10.6. The van der Waals surface area contributed by atoms with Crippen molar-refractivity contribution in [3.05, 3.63) is 58.8 Å². The molecule has 0 aliphatic carbocycles. The smallest absolute Gasteiger partial charge is 0.134 e. The van der Waals surface area contributed by atoms with E-state index in [4.69, 9.17) is 4.42 Å². The molecule has 0 saturated heterocycles. The molecule has 1 nitrogen and oxygen atoms in total. The first-order chi connectivity index (χ1) is 8.24. The largest absolute Gasteiger partial charge is 0.464 e. The number of furan rings is 1. The second-order valence-electron chi connectivity index (χ2n) is 4.16. The zero-order chi connectivity index (χ0) is 11.8. The molecular formula is C15H11BrO. The molecule has 2 heteroatoms. The minimum Gasteiger partial charge on any atom is -0.464 e. The minimum atomic E-state index is 0.938. The Bertz CT molecular complexity index is 665. The number of fused-ring (bicyclic) bond motifs is 1. The van der Waals surface area contributed by atoms with E-state index in [9.17, 15) is 0 Å². The summed E-state index contributed by atoms with van der Waals surface area (Å²) in [6, 6.07) is 14.5. The fraction of sp³-hybridized carbons (Fsp3) is 0.0667. The van der Waals surface area contributed by atoms with Crippen molar-refractivity contribution in [2.75, 3.05) is 0 Å². The first-order valence-corrected chi connectivity index (χ1v) is 6.27. The molecule has 0 spiro atoms. The lowest BCUT2D eigenvalue weighted by molar-refractivity contribution is 0.617. The van der Waals surface area contributed by atoms with Gasteiger partial charge in [0.1, 0.15) is 5.58 Å². The van der Waals surface area contributed by atoms with E-state index in [1.54, 1.807) is 0 Å². The summed E-state index contributed by atoms with van der Waals surface area (Å²) in [5.41, 5.74) is 4.51. The van der Waals surface area contributed by atoms with Gasteiger partial charge in [0.2, 0.25) is 0 Å². The standard InChI is InChI=1S/C15H11BrO/c1-10-2-7-15-13(8-10)14(9-17-15)11-3-5-12(16)6-4-11/h2-9H,1H3. The Morgan fingerprint density at radius 1 is 1.00 bits per heavy atom. The molecular weight excluding hydrogens is 276 g/mol. The van der Waals surface area contributed by atoms with Gasteiger partial charge in [-0.3, -0.25) is 0 Å². The lowest BCUT2D eigenvalue weighted by atomic mass is 10.0. The minimum absolute atomic E-state index is 0.938. The lowest BCUT2D eigenvalue weighted by Gasteiger charge is -1.99. The van der Waals surface area contributed by atoms with Gasteiger partial charge < -0.3 is 4.42 Å². The van der Waals surface area contributed by atoms with Gasteiger partial charge in [-0.1, -0.05) is 39.7 Å². The Hall–Kier alpha value is -1.54.